The third-order valence-corrected chi connectivity index (χ3v) is 5.48. The summed E-state index contributed by atoms with van der Waals surface area (Å²) in [6.45, 7) is -1.46. The van der Waals surface area contributed by atoms with Crippen LogP contribution in [0, 0.1) is 12.7 Å². The van der Waals surface area contributed by atoms with Crippen LogP contribution in [0.2, 0.25) is 5.02 Å². The molecule has 1 amide bonds. The normalized spacial score (nSPS) is 10.9. The molecule has 180 valence electrons. The predicted molar refractivity (Wildman–Crippen MR) is 122 cm³/mol. The number of carbonyl (C=O) groups is 1. The molecule has 1 N–H and O–H groups in total. The summed E-state index contributed by atoms with van der Waals surface area (Å²) >= 11 is 6.75. The summed E-state index contributed by atoms with van der Waals surface area (Å²) in [5.41, 5.74) is 0.698. The number of amides is 1. The van der Waals surface area contributed by atoms with Gasteiger partial charge in [0.2, 0.25) is 5.13 Å². The molecule has 0 aliphatic heterocycles. The third-order valence-electron chi connectivity index (χ3n) is 4.51. The Kier molecular flexibility index (Phi) is 7.42. The summed E-state index contributed by atoms with van der Waals surface area (Å²) in [7, 11) is 0. The lowest BCUT2D eigenvalue weighted by atomic mass is 9.98. The van der Waals surface area contributed by atoms with E-state index in [2.05, 4.69) is 30.2 Å². The van der Waals surface area contributed by atoms with Gasteiger partial charge in [-0.05, 0) is 48.6 Å². The first kappa shape index (κ1) is 24.4. The number of anilines is 1. The van der Waals surface area contributed by atoms with E-state index in [0.717, 1.165) is 17.4 Å². The Bertz CT molecular complexity index is 1350. The third kappa shape index (κ3) is 6.03. The van der Waals surface area contributed by atoms with Crippen LogP contribution in [0.1, 0.15) is 21.7 Å². The van der Waals surface area contributed by atoms with Crippen LogP contribution in [0.3, 0.4) is 0 Å². The molecule has 0 saturated heterocycles. The highest BCUT2D eigenvalue weighted by atomic mass is 35.5. The van der Waals surface area contributed by atoms with Gasteiger partial charge < -0.3 is 9.47 Å². The first-order chi connectivity index (χ1) is 16.8. The molecule has 0 bridgehead atoms. The van der Waals surface area contributed by atoms with Crippen molar-refractivity contribution in [3.63, 3.8) is 0 Å². The van der Waals surface area contributed by atoms with Gasteiger partial charge in [0.15, 0.2) is 0 Å². The van der Waals surface area contributed by atoms with Crippen molar-refractivity contribution >= 4 is 34.0 Å². The van der Waals surface area contributed by atoms with Crippen molar-refractivity contribution in [3.8, 4) is 22.1 Å². The number of ether oxygens (including phenoxy) is 2. The van der Waals surface area contributed by atoms with Crippen LogP contribution in [0.15, 0.2) is 48.8 Å². The maximum atomic E-state index is 14.7. The highest BCUT2D eigenvalue weighted by Gasteiger charge is 2.23. The predicted octanol–water partition coefficient (Wildman–Crippen LogP) is 5.53. The molecule has 3 aromatic heterocycles. The van der Waals surface area contributed by atoms with Crippen LogP contribution < -0.4 is 14.8 Å². The van der Waals surface area contributed by atoms with Crippen molar-refractivity contribution in [1.82, 2.24) is 20.2 Å². The summed E-state index contributed by atoms with van der Waals surface area (Å²) < 4.78 is 50.5. The van der Waals surface area contributed by atoms with Gasteiger partial charge in [0.05, 0.1) is 21.8 Å². The molecular formula is C22H15ClF3N5O3S. The zero-order valence-electron chi connectivity index (χ0n) is 17.8. The largest absolute Gasteiger partial charge is 0.462 e. The first-order valence-corrected chi connectivity index (χ1v) is 11.1. The van der Waals surface area contributed by atoms with Gasteiger partial charge >= 0.3 is 6.61 Å². The second kappa shape index (κ2) is 10.7. The van der Waals surface area contributed by atoms with Crippen LogP contribution in [0.4, 0.5) is 18.3 Å². The van der Waals surface area contributed by atoms with Crippen LogP contribution in [0.25, 0.3) is 11.1 Å². The lowest BCUT2D eigenvalue weighted by molar-refractivity contribution is -0.0495. The Morgan fingerprint density at radius 1 is 1.17 bits per heavy atom. The molecule has 3 heterocycles. The highest BCUT2D eigenvalue weighted by molar-refractivity contribution is 7.17. The molecule has 0 radical (unpaired) electrons. The molecule has 0 spiro atoms. The second-order valence-corrected chi connectivity index (χ2v) is 8.32. The smallest absolute Gasteiger partial charge is 0.387 e. The van der Waals surface area contributed by atoms with E-state index in [-0.39, 0.29) is 33.6 Å². The average Bonchev–Trinajstić information content (AvgIpc) is 3.25. The summed E-state index contributed by atoms with van der Waals surface area (Å²) in [5, 5.41) is 11.0. The number of benzene rings is 1. The first-order valence-electron chi connectivity index (χ1n) is 9.88. The fourth-order valence-electron chi connectivity index (χ4n) is 3.02. The van der Waals surface area contributed by atoms with E-state index >= 15 is 0 Å². The number of alkyl halides is 2. The highest BCUT2D eigenvalue weighted by Crippen LogP contribution is 2.36. The lowest BCUT2D eigenvalue weighted by Crippen LogP contribution is -2.14. The molecule has 0 aliphatic rings. The molecule has 0 fully saturated rings. The monoisotopic (exact) mass is 521 g/mol. The maximum Gasteiger partial charge on any atom is 0.387 e. The number of aromatic nitrogens is 4. The van der Waals surface area contributed by atoms with Crippen molar-refractivity contribution in [2.75, 3.05) is 5.32 Å². The molecule has 35 heavy (non-hydrogen) atoms. The van der Waals surface area contributed by atoms with E-state index < -0.39 is 24.1 Å². The number of halogens is 4. The summed E-state index contributed by atoms with van der Waals surface area (Å²) in [5.74, 6) is -1.96. The minimum atomic E-state index is -3.18. The molecule has 4 rings (SSSR count). The van der Waals surface area contributed by atoms with Gasteiger partial charge in [-0.1, -0.05) is 22.8 Å². The number of hydrogen-bond donors (Lipinski definition) is 1. The Labute approximate surface area is 205 Å². The van der Waals surface area contributed by atoms with Crippen LogP contribution in [-0.4, -0.2) is 32.7 Å². The molecule has 8 nitrogen and oxygen atoms in total. The van der Waals surface area contributed by atoms with Crippen LogP contribution in [0.5, 0.6) is 10.9 Å². The summed E-state index contributed by atoms with van der Waals surface area (Å²) in [6, 6.07) is 8.25. The quantitative estimate of drug-likeness (QED) is 0.325. The van der Waals surface area contributed by atoms with Crippen molar-refractivity contribution in [1.29, 1.82) is 0 Å². The van der Waals surface area contributed by atoms with Gasteiger partial charge in [0.1, 0.15) is 18.2 Å². The van der Waals surface area contributed by atoms with Crippen molar-refractivity contribution in [3.05, 3.63) is 76.6 Å². The Balaban J connectivity index is 1.55. The fourth-order valence-corrected chi connectivity index (χ4v) is 3.72. The number of hydrogen-bond acceptors (Lipinski definition) is 8. The van der Waals surface area contributed by atoms with Crippen molar-refractivity contribution in [2.45, 2.75) is 20.1 Å². The van der Waals surface area contributed by atoms with Crippen molar-refractivity contribution < 1.29 is 27.4 Å². The van der Waals surface area contributed by atoms with E-state index in [1.54, 1.807) is 19.1 Å². The Morgan fingerprint density at radius 3 is 2.74 bits per heavy atom. The van der Waals surface area contributed by atoms with Crippen molar-refractivity contribution in [2.24, 2.45) is 0 Å². The molecule has 0 saturated carbocycles. The summed E-state index contributed by atoms with van der Waals surface area (Å²) in [6.07, 6.45) is 2.69. The van der Waals surface area contributed by atoms with E-state index in [0.29, 0.717) is 16.4 Å². The number of carbonyl (C=O) groups excluding carboxylic acids is 1. The molecule has 0 unspecified atom stereocenters. The lowest BCUT2D eigenvalue weighted by Gasteiger charge is -2.15. The average molecular weight is 522 g/mol. The van der Waals surface area contributed by atoms with E-state index in [1.165, 1.54) is 30.6 Å². The minimum Gasteiger partial charge on any atom is -0.462 e. The van der Waals surface area contributed by atoms with Gasteiger partial charge in [0, 0.05) is 23.7 Å². The second-order valence-electron chi connectivity index (χ2n) is 6.95. The standard InChI is InChI=1S/C22H15ClF3N5O3S/c1-11-7-14(18-16(24)3-2-4-17(18)34-20(25)26)15(9-27-11)19(32)29-21-30-31-22(35-21)33-10-13-6-5-12(23)8-28-13/h2-9,20H,10H2,1H3,(H,29,30,32). The molecule has 0 aliphatic carbocycles. The molecule has 13 heteroatoms. The van der Waals surface area contributed by atoms with Crippen LogP contribution >= 0.6 is 22.9 Å². The minimum absolute atomic E-state index is 0.0264. The number of pyridine rings is 2. The topological polar surface area (TPSA) is 99.1 Å². The fraction of sp³-hybridized carbons (Fsp3) is 0.136. The zero-order chi connectivity index (χ0) is 24.9. The molecule has 1 aromatic carbocycles. The Morgan fingerprint density at radius 2 is 2.00 bits per heavy atom. The van der Waals surface area contributed by atoms with E-state index in [4.69, 9.17) is 16.3 Å². The van der Waals surface area contributed by atoms with Gasteiger partial charge in [-0.25, -0.2) is 4.39 Å². The Hall–Kier alpha value is -3.77. The molecular weight excluding hydrogens is 507 g/mol. The van der Waals surface area contributed by atoms with Gasteiger partial charge in [-0.2, -0.15) is 8.78 Å². The van der Waals surface area contributed by atoms with Gasteiger partial charge in [-0.3, -0.25) is 20.1 Å². The van der Waals surface area contributed by atoms with E-state index in [1.807, 2.05) is 0 Å². The SMILES string of the molecule is Cc1cc(-c2c(F)cccc2OC(F)F)c(C(=O)Nc2nnc(OCc3ccc(Cl)cn3)s2)cn1. The molecule has 0 atom stereocenters. The number of rotatable bonds is 8. The summed E-state index contributed by atoms with van der Waals surface area (Å²) in [4.78, 5) is 21.2. The van der Waals surface area contributed by atoms with E-state index in [9.17, 15) is 18.0 Å². The number of aryl methyl sites for hydroxylation is 1. The number of nitrogens with zero attached hydrogens (tertiary/aromatic N) is 4. The molecule has 4 aromatic rings. The zero-order valence-corrected chi connectivity index (χ0v) is 19.4. The number of nitrogens with one attached hydrogen (secondary N) is 1. The van der Waals surface area contributed by atoms with Crippen LogP contribution in [-0.2, 0) is 6.61 Å². The van der Waals surface area contributed by atoms with Gasteiger partial charge in [0.25, 0.3) is 11.1 Å². The maximum absolute atomic E-state index is 14.7. The van der Waals surface area contributed by atoms with Gasteiger partial charge in [-0.15, -0.1) is 5.10 Å².